The van der Waals surface area contributed by atoms with Crippen LogP contribution in [0.1, 0.15) is 20.8 Å². The third-order valence-electron chi connectivity index (χ3n) is 2.02. The smallest absolute Gasteiger partial charge is 0.150 e. The molecule has 0 N–H and O–H groups in total. The van der Waals surface area contributed by atoms with Gasteiger partial charge in [-0.25, -0.2) is 0 Å². The van der Waals surface area contributed by atoms with Crippen molar-refractivity contribution in [3.05, 3.63) is 57.8 Å². The van der Waals surface area contributed by atoms with E-state index in [1.165, 1.54) is 5.56 Å². The van der Waals surface area contributed by atoms with Crippen molar-refractivity contribution in [1.82, 2.24) is 0 Å². The number of hydrogen-bond donors (Lipinski definition) is 0. The van der Waals surface area contributed by atoms with Crippen LogP contribution in [0.3, 0.4) is 0 Å². The third-order valence-corrected chi connectivity index (χ3v) is 2.93. The average molecular weight is 214 g/mol. The van der Waals surface area contributed by atoms with E-state index >= 15 is 0 Å². The molecule has 0 spiro atoms. The van der Waals surface area contributed by atoms with Crippen LogP contribution in [0.4, 0.5) is 0 Å². The van der Waals surface area contributed by atoms with E-state index in [1.54, 1.807) is 11.3 Å². The zero-order valence-electron chi connectivity index (χ0n) is 8.09. The zero-order valence-corrected chi connectivity index (χ0v) is 8.91. The van der Waals surface area contributed by atoms with Gasteiger partial charge >= 0.3 is 0 Å². The van der Waals surface area contributed by atoms with Crippen LogP contribution in [0.2, 0.25) is 0 Å². The first-order valence-corrected chi connectivity index (χ1v) is 5.53. The molecule has 0 atom stereocenters. The summed E-state index contributed by atoms with van der Waals surface area (Å²) in [5, 5.41) is 1.86. The lowest BCUT2D eigenvalue weighted by Gasteiger charge is -1.89. The Hall–Kier alpha value is -1.67. The van der Waals surface area contributed by atoms with Gasteiger partial charge in [0, 0.05) is 15.8 Å². The summed E-state index contributed by atoms with van der Waals surface area (Å²) in [5.41, 5.74) is 1.91. The van der Waals surface area contributed by atoms with Crippen molar-refractivity contribution in [2.45, 2.75) is 0 Å². The van der Waals surface area contributed by atoms with Gasteiger partial charge < -0.3 is 0 Å². The van der Waals surface area contributed by atoms with E-state index in [9.17, 15) is 4.79 Å². The molecule has 0 saturated heterocycles. The minimum atomic E-state index is 0.743. The van der Waals surface area contributed by atoms with Gasteiger partial charge in [0.15, 0.2) is 6.29 Å². The van der Waals surface area contributed by atoms with Gasteiger partial charge in [-0.05, 0) is 17.7 Å². The first-order valence-electron chi connectivity index (χ1n) is 4.65. The Labute approximate surface area is 92.7 Å². The summed E-state index contributed by atoms with van der Waals surface area (Å²) in [4.78, 5) is 11.6. The van der Waals surface area contributed by atoms with Crippen molar-refractivity contribution in [1.29, 1.82) is 0 Å². The first-order chi connectivity index (χ1) is 7.38. The third kappa shape index (κ3) is 2.64. The molecular formula is C13H10OS. The highest BCUT2D eigenvalue weighted by molar-refractivity contribution is 7.11. The molecule has 1 aromatic heterocycles. The quantitative estimate of drug-likeness (QED) is 0.711. The van der Waals surface area contributed by atoms with Crippen LogP contribution in [0, 0.1) is 0 Å². The van der Waals surface area contributed by atoms with Gasteiger partial charge in [-0.15, -0.1) is 11.3 Å². The maximum Gasteiger partial charge on any atom is 0.150 e. The SMILES string of the molecule is O=Cc1csc(/C=C/c2ccccc2)c1. The number of carbonyl (C=O) groups is 1. The Morgan fingerprint density at radius 1 is 1.00 bits per heavy atom. The Bertz CT molecular complexity index is 468. The largest absolute Gasteiger partial charge is 0.298 e. The molecule has 1 heterocycles. The highest BCUT2D eigenvalue weighted by Gasteiger charge is 1.94. The molecule has 0 saturated carbocycles. The van der Waals surface area contributed by atoms with Crippen molar-refractivity contribution in [2.24, 2.45) is 0 Å². The molecule has 15 heavy (non-hydrogen) atoms. The predicted octanol–water partition coefficient (Wildman–Crippen LogP) is 3.73. The standard InChI is InChI=1S/C13H10OS/c14-9-12-8-13(15-10-12)7-6-11-4-2-1-3-5-11/h1-10H/b7-6+. The van der Waals surface area contributed by atoms with E-state index in [1.807, 2.05) is 53.9 Å². The summed E-state index contributed by atoms with van der Waals surface area (Å²) in [6, 6.07) is 12.0. The lowest BCUT2D eigenvalue weighted by molar-refractivity contribution is 0.112. The molecule has 2 rings (SSSR count). The first kappa shape index (κ1) is 9.87. The molecule has 1 nitrogen and oxygen atoms in total. The van der Waals surface area contributed by atoms with Crippen LogP contribution < -0.4 is 0 Å². The highest BCUT2D eigenvalue weighted by Crippen LogP contribution is 2.16. The van der Waals surface area contributed by atoms with Crippen molar-refractivity contribution < 1.29 is 4.79 Å². The van der Waals surface area contributed by atoms with Crippen LogP contribution in [0.15, 0.2) is 41.8 Å². The van der Waals surface area contributed by atoms with E-state index in [0.29, 0.717) is 0 Å². The minimum absolute atomic E-state index is 0.743. The Morgan fingerprint density at radius 2 is 1.80 bits per heavy atom. The summed E-state index contributed by atoms with van der Waals surface area (Å²) in [6.45, 7) is 0. The molecule has 2 heteroatoms. The van der Waals surface area contributed by atoms with Crippen molar-refractivity contribution in [2.75, 3.05) is 0 Å². The van der Waals surface area contributed by atoms with Gasteiger partial charge in [-0.3, -0.25) is 4.79 Å². The zero-order chi connectivity index (χ0) is 10.5. The summed E-state index contributed by atoms with van der Waals surface area (Å²) in [6.07, 6.45) is 4.93. The number of thiophene rings is 1. The van der Waals surface area contributed by atoms with Gasteiger partial charge in [-0.1, -0.05) is 36.4 Å². The topological polar surface area (TPSA) is 17.1 Å². The number of carbonyl (C=O) groups excluding carboxylic acids is 1. The Balaban J connectivity index is 2.15. The van der Waals surface area contributed by atoms with Gasteiger partial charge in [0.05, 0.1) is 0 Å². The van der Waals surface area contributed by atoms with E-state index < -0.39 is 0 Å². The van der Waals surface area contributed by atoms with E-state index in [2.05, 4.69) is 0 Å². The number of hydrogen-bond acceptors (Lipinski definition) is 2. The fourth-order valence-electron chi connectivity index (χ4n) is 1.26. The minimum Gasteiger partial charge on any atom is -0.298 e. The molecule has 2 aromatic rings. The van der Waals surface area contributed by atoms with Gasteiger partial charge in [0.2, 0.25) is 0 Å². The maximum absolute atomic E-state index is 10.5. The molecule has 0 amide bonds. The lowest BCUT2D eigenvalue weighted by Crippen LogP contribution is -1.69. The molecular weight excluding hydrogens is 204 g/mol. The summed E-state index contributed by atoms with van der Waals surface area (Å²) in [7, 11) is 0. The second-order valence-corrected chi connectivity index (χ2v) is 4.09. The molecule has 0 aliphatic rings. The summed E-state index contributed by atoms with van der Waals surface area (Å²) >= 11 is 1.58. The van der Waals surface area contributed by atoms with Crippen LogP contribution in [0.5, 0.6) is 0 Å². The van der Waals surface area contributed by atoms with Crippen LogP contribution in [-0.2, 0) is 0 Å². The second-order valence-electron chi connectivity index (χ2n) is 3.14. The molecule has 0 unspecified atom stereocenters. The van der Waals surface area contributed by atoms with Gasteiger partial charge in [-0.2, -0.15) is 0 Å². The molecule has 0 aliphatic heterocycles. The van der Waals surface area contributed by atoms with E-state index in [-0.39, 0.29) is 0 Å². The van der Waals surface area contributed by atoms with Gasteiger partial charge in [0.1, 0.15) is 0 Å². The Kier molecular flexibility index (Phi) is 3.10. The lowest BCUT2D eigenvalue weighted by atomic mass is 10.2. The van der Waals surface area contributed by atoms with Crippen LogP contribution >= 0.6 is 11.3 Å². The fraction of sp³-hybridized carbons (Fsp3) is 0. The Morgan fingerprint density at radius 3 is 2.47 bits per heavy atom. The molecule has 0 radical (unpaired) electrons. The average Bonchev–Trinajstić information content (AvgIpc) is 2.76. The van der Waals surface area contributed by atoms with Gasteiger partial charge in [0.25, 0.3) is 0 Å². The monoisotopic (exact) mass is 214 g/mol. The van der Waals surface area contributed by atoms with E-state index in [0.717, 1.165) is 16.7 Å². The maximum atomic E-state index is 10.5. The molecule has 0 bridgehead atoms. The van der Waals surface area contributed by atoms with Crippen LogP contribution in [-0.4, -0.2) is 6.29 Å². The molecule has 74 valence electrons. The van der Waals surface area contributed by atoms with Crippen molar-refractivity contribution >= 4 is 29.8 Å². The number of rotatable bonds is 3. The molecule has 0 aliphatic carbocycles. The molecule has 1 aromatic carbocycles. The summed E-state index contributed by atoms with van der Waals surface area (Å²) in [5.74, 6) is 0. The van der Waals surface area contributed by atoms with Crippen molar-refractivity contribution in [3.8, 4) is 0 Å². The number of benzene rings is 1. The molecule has 0 fully saturated rings. The number of aldehydes is 1. The fourth-order valence-corrected chi connectivity index (χ4v) is 2.01. The van der Waals surface area contributed by atoms with Crippen LogP contribution in [0.25, 0.3) is 12.2 Å². The van der Waals surface area contributed by atoms with Crippen molar-refractivity contribution in [3.63, 3.8) is 0 Å². The van der Waals surface area contributed by atoms with E-state index in [4.69, 9.17) is 0 Å². The summed E-state index contributed by atoms with van der Waals surface area (Å²) < 4.78 is 0. The second kappa shape index (κ2) is 4.71. The highest BCUT2D eigenvalue weighted by atomic mass is 32.1. The normalized spacial score (nSPS) is 10.7. The predicted molar refractivity (Wildman–Crippen MR) is 65.1 cm³/mol.